The predicted molar refractivity (Wildman–Crippen MR) is 54.8 cm³/mol. The van der Waals surface area contributed by atoms with Crippen LogP contribution >= 0.6 is 11.8 Å². The molecule has 0 aliphatic rings. The SMILES string of the molecule is CNC(CSc1ncn[nH]1)C(C)C. The van der Waals surface area contributed by atoms with Crippen molar-refractivity contribution in [2.24, 2.45) is 5.92 Å². The molecule has 1 heterocycles. The topological polar surface area (TPSA) is 53.6 Å². The molecule has 0 saturated carbocycles. The van der Waals surface area contributed by atoms with Gasteiger partial charge in [-0.2, -0.15) is 5.10 Å². The van der Waals surface area contributed by atoms with Crippen molar-refractivity contribution in [2.75, 3.05) is 12.8 Å². The van der Waals surface area contributed by atoms with E-state index in [4.69, 9.17) is 0 Å². The zero-order valence-electron chi connectivity index (χ0n) is 8.24. The molecule has 1 atom stereocenters. The number of nitrogens with zero attached hydrogens (tertiary/aromatic N) is 2. The monoisotopic (exact) mass is 200 g/mol. The van der Waals surface area contributed by atoms with Crippen LogP contribution in [-0.2, 0) is 0 Å². The lowest BCUT2D eigenvalue weighted by molar-refractivity contribution is 0.465. The molecular weight excluding hydrogens is 184 g/mol. The molecule has 0 aliphatic heterocycles. The smallest absolute Gasteiger partial charge is 0.183 e. The summed E-state index contributed by atoms with van der Waals surface area (Å²) in [7, 11) is 1.99. The normalized spacial score (nSPS) is 13.5. The Balaban J connectivity index is 2.32. The number of hydrogen-bond donors (Lipinski definition) is 2. The summed E-state index contributed by atoms with van der Waals surface area (Å²) in [5.41, 5.74) is 0. The van der Waals surface area contributed by atoms with Crippen molar-refractivity contribution < 1.29 is 0 Å². The fraction of sp³-hybridized carbons (Fsp3) is 0.750. The van der Waals surface area contributed by atoms with Gasteiger partial charge in [0, 0.05) is 11.8 Å². The highest BCUT2D eigenvalue weighted by atomic mass is 32.2. The average molecular weight is 200 g/mol. The van der Waals surface area contributed by atoms with Gasteiger partial charge in [-0.25, -0.2) is 4.98 Å². The summed E-state index contributed by atoms with van der Waals surface area (Å²) in [4.78, 5) is 4.05. The molecule has 0 radical (unpaired) electrons. The van der Waals surface area contributed by atoms with E-state index in [1.165, 1.54) is 6.33 Å². The number of aromatic nitrogens is 3. The van der Waals surface area contributed by atoms with Gasteiger partial charge < -0.3 is 5.32 Å². The minimum atomic E-state index is 0.523. The lowest BCUT2D eigenvalue weighted by atomic mass is 10.1. The molecule has 0 bridgehead atoms. The van der Waals surface area contributed by atoms with E-state index in [-0.39, 0.29) is 0 Å². The van der Waals surface area contributed by atoms with Gasteiger partial charge in [0.25, 0.3) is 0 Å². The maximum Gasteiger partial charge on any atom is 0.183 e. The number of rotatable bonds is 5. The van der Waals surface area contributed by atoms with Crippen LogP contribution in [0.3, 0.4) is 0 Å². The van der Waals surface area contributed by atoms with E-state index in [0.29, 0.717) is 12.0 Å². The largest absolute Gasteiger partial charge is 0.316 e. The standard InChI is InChI=1S/C8H16N4S/c1-6(2)7(9-3)4-13-8-10-5-11-12-8/h5-7,9H,4H2,1-3H3,(H,10,11,12). The summed E-state index contributed by atoms with van der Waals surface area (Å²) >= 11 is 1.70. The first-order chi connectivity index (χ1) is 6.24. The average Bonchev–Trinajstić information content (AvgIpc) is 2.57. The Morgan fingerprint density at radius 2 is 2.38 bits per heavy atom. The summed E-state index contributed by atoms with van der Waals surface area (Å²) < 4.78 is 0. The molecule has 13 heavy (non-hydrogen) atoms. The van der Waals surface area contributed by atoms with Gasteiger partial charge in [0.2, 0.25) is 0 Å². The lowest BCUT2D eigenvalue weighted by Gasteiger charge is -2.18. The van der Waals surface area contributed by atoms with Crippen molar-refractivity contribution in [1.29, 1.82) is 0 Å². The van der Waals surface area contributed by atoms with Crippen molar-refractivity contribution in [3.63, 3.8) is 0 Å². The number of aromatic amines is 1. The Morgan fingerprint density at radius 1 is 1.62 bits per heavy atom. The molecule has 0 fully saturated rings. The van der Waals surface area contributed by atoms with Gasteiger partial charge in [0.1, 0.15) is 6.33 Å². The van der Waals surface area contributed by atoms with Gasteiger partial charge >= 0.3 is 0 Å². The van der Waals surface area contributed by atoms with Crippen molar-refractivity contribution >= 4 is 11.8 Å². The number of hydrogen-bond acceptors (Lipinski definition) is 4. The van der Waals surface area contributed by atoms with Gasteiger partial charge in [0.05, 0.1) is 0 Å². The first-order valence-electron chi connectivity index (χ1n) is 4.39. The summed E-state index contributed by atoms with van der Waals surface area (Å²) in [5.74, 6) is 1.66. The maximum absolute atomic E-state index is 4.05. The molecule has 1 aromatic heterocycles. The van der Waals surface area contributed by atoms with Gasteiger partial charge in [0.15, 0.2) is 5.16 Å². The lowest BCUT2D eigenvalue weighted by Crippen LogP contribution is -2.32. The van der Waals surface area contributed by atoms with Crippen molar-refractivity contribution in [1.82, 2.24) is 20.5 Å². The van der Waals surface area contributed by atoms with Crippen LogP contribution in [0.1, 0.15) is 13.8 Å². The van der Waals surface area contributed by atoms with E-state index in [1.54, 1.807) is 11.8 Å². The fourth-order valence-electron chi connectivity index (χ4n) is 1.04. The molecule has 0 saturated heterocycles. The Kier molecular flexibility index (Phi) is 4.24. The highest BCUT2D eigenvalue weighted by molar-refractivity contribution is 7.99. The van der Waals surface area contributed by atoms with Gasteiger partial charge in [-0.3, -0.25) is 5.10 Å². The van der Waals surface area contributed by atoms with E-state index in [2.05, 4.69) is 34.3 Å². The molecular formula is C8H16N4S. The second kappa shape index (κ2) is 5.24. The zero-order valence-corrected chi connectivity index (χ0v) is 9.06. The minimum absolute atomic E-state index is 0.523. The highest BCUT2D eigenvalue weighted by Crippen LogP contribution is 2.15. The first-order valence-corrected chi connectivity index (χ1v) is 5.38. The van der Waals surface area contributed by atoms with Gasteiger partial charge in [-0.1, -0.05) is 25.6 Å². The summed E-state index contributed by atoms with van der Waals surface area (Å²) in [6, 6.07) is 0.523. The third-order valence-electron chi connectivity index (χ3n) is 1.97. The number of nitrogens with one attached hydrogen (secondary N) is 2. The van der Waals surface area contributed by atoms with E-state index < -0.39 is 0 Å². The van der Waals surface area contributed by atoms with Crippen LogP contribution in [0.15, 0.2) is 11.5 Å². The second-order valence-electron chi connectivity index (χ2n) is 3.24. The Hall–Kier alpha value is -0.550. The molecule has 0 aromatic carbocycles. The van der Waals surface area contributed by atoms with Crippen LogP contribution in [-0.4, -0.2) is 34.0 Å². The van der Waals surface area contributed by atoms with E-state index in [0.717, 1.165) is 10.9 Å². The molecule has 5 heteroatoms. The molecule has 74 valence electrons. The molecule has 1 rings (SSSR count). The van der Waals surface area contributed by atoms with Crippen LogP contribution in [0, 0.1) is 5.92 Å². The molecule has 1 unspecified atom stereocenters. The van der Waals surface area contributed by atoms with Crippen molar-refractivity contribution in [2.45, 2.75) is 25.0 Å². The van der Waals surface area contributed by atoms with Crippen LogP contribution in [0.4, 0.5) is 0 Å². The van der Waals surface area contributed by atoms with Crippen LogP contribution in [0.25, 0.3) is 0 Å². The third-order valence-corrected chi connectivity index (χ3v) is 2.96. The minimum Gasteiger partial charge on any atom is -0.316 e. The van der Waals surface area contributed by atoms with Crippen LogP contribution in [0.5, 0.6) is 0 Å². The zero-order chi connectivity index (χ0) is 9.68. The van der Waals surface area contributed by atoms with E-state index in [1.807, 2.05) is 7.05 Å². The number of thioether (sulfide) groups is 1. The molecule has 0 spiro atoms. The van der Waals surface area contributed by atoms with Gasteiger partial charge in [-0.05, 0) is 13.0 Å². The molecule has 1 aromatic rings. The molecule has 0 aliphatic carbocycles. The summed E-state index contributed by atoms with van der Waals surface area (Å²) in [5, 5.41) is 10.8. The van der Waals surface area contributed by atoms with Crippen molar-refractivity contribution in [3.05, 3.63) is 6.33 Å². The summed E-state index contributed by atoms with van der Waals surface area (Å²) in [6.07, 6.45) is 1.53. The molecule has 2 N–H and O–H groups in total. The van der Waals surface area contributed by atoms with E-state index in [9.17, 15) is 0 Å². The van der Waals surface area contributed by atoms with Crippen molar-refractivity contribution in [3.8, 4) is 0 Å². The fourth-order valence-corrected chi connectivity index (χ4v) is 2.17. The Bertz CT molecular complexity index is 222. The Labute approximate surface area is 82.9 Å². The second-order valence-corrected chi connectivity index (χ2v) is 4.25. The van der Waals surface area contributed by atoms with Gasteiger partial charge in [-0.15, -0.1) is 0 Å². The quantitative estimate of drug-likeness (QED) is 0.700. The van der Waals surface area contributed by atoms with Crippen LogP contribution in [0.2, 0.25) is 0 Å². The maximum atomic E-state index is 4.05. The Morgan fingerprint density at radius 3 is 2.85 bits per heavy atom. The highest BCUT2D eigenvalue weighted by Gasteiger charge is 2.11. The molecule has 4 nitrogen and oxygen atoms in total. The third kappa shape index (κ3) is 3.36. The van der Waals surface area contributed by atoms with Crippen LogP contribution < -0.4 is 5.32 Å². The van der Waals surface area contributed by atoms with E-state index >= 15 is 0 Å². The summed E-state index contributed by atoms with van der Waals surface area (Å²) in [6.45, 7) is 4.42. The number of H-pyrrole nitrogens is 1. The predicted octanol–water partition coefficient (Wildman–Crippen LogP) is 1.14. The first kappa shape index (κ1) is 10.5. The molecule has 0 amide bonds.